The van der Waals surface area contributed by atoms with Crippen LogP contribution >= 0.6 is 0 Å². The van der Waals surface area contributed by atoms with Gasteiger partial charge in [0.2, 0.25) is 0 Å². The predicted molar refractivity (Wildman–Crippen MR) is 54.1 cm³/mol. The van der Waals surface area contributed by atoms with Crippen LogP contribution in [0.5, 0.6) is 0 Å². The first kappa shape index (κ1) is 10.1. The van der Waals surface area contributed by atoms with Crippen molar-refractivity contribution < 1.29 is 9.53 Å². The molecule has 2 rings (SSSR count). The predicted octanol–water partition coefficient (Wildman–Crippen LogP) is 0.980. The maximum atomic E-state index is 12.0. The summed E-state index contributed by atoms with van der Waals surface area (Å²) in [6.45, 7) is 4.00. The summed E-state index contributed by atoms with van der Waals surface area (Å²) in [4.78, 5) is 12.0. The minimum atomic E-state index is -0.112. The summed E-state index contributed by atoms with van der Waals surface area (Å²) in [7, 11) is 1.75. The minimum absolute atomic E-state index is 0.112. The number of hydrogen-bond acceptors (Lipinski definition) is 3. The normalized spacial score (nSPS) is 43.4. The maximum absolute atomic E-state index is 12.0. The van der Waals surface area contributed by atoms with Gasteiger partial charge in [-0.2, -0.15) is 0 Å². The van der Waals surface area contributed by atoms with Gasteiger partial charge in [-0.3, -0.25) is 4.79 Å². The summed E-state index contributed by atoms with van der Waals surface area (Å²) in [5.41, 5.74) is -0.112. The SMILES string of the molecule is COC1CCC(=O)C2(CNCC2C)C1. The second-order valence-corrected chi connectivity index (χ2v) is 4.71. The molecule has 3 heteroatoms. The molecular formula is C11H19NO2. The van der Waals surface area contributed by atoms with Gasteiger partial charge in [-0.05, 0) is 25.3 Å². The van der Waals surface area contributed by atoms with Crippen molar-refractivity contribution in [2.24, 2.45) is 11.3 Å². The number of hydrogen-bond donors (Lipinski definition) is 1. The molecule has 1 spiro atoms. The van der Waals surface area contributed by atoms with Crippen LogP contribution in [0, 0.1) is 11.3 Å². The average molecular weight is 197 g/mol. The summed E-state index contributed by atoms with van der Waals surface area (Å²) in [5, 5.41) is 3.33. The van der Waals surface area contributed by atoms with Gasteiger partial charge in [0, 0.05) is 25.5 Å². The molecule has 2 fully saturated rings. The molecule has 1 aliphatic heterocycles. The number of carbonyl (C=O) groups excluding carboxylic acids is 1. The van der Waals surface area contributed by atoms with Crippen LogP contribution in [0.25, 0.3) is 0 Å². The Morgan fingerprint density at radius 2 is 2.36 bits per heavy atom. The summed E-state index contributed by atoms with van der Waals surface area (Å²) >= 11 is 0. The summed E-state index contributed by atoms with van der Waals surface area (Å²) in [6.07, 6.45) is 2.81. The van der Waals surface area contributed by atoms with E-state index in [9.17, 15) is 4.79 Å². The fraction of sp³-hybridized carbons (Fsp3) is 0.909. The molecule has 2 aliphatic rings. The lowest BCUT2D eigenvalue weighted by molar-refractivity contribution is -0.137. The maximum Gasteiger partial charge on any atom is 0.140 e. The van der Waals surface area contributed by atoms with Gasteiger partial charge in [-0.15, -0.1) is 0 Å². The number of Topliss-reactive ketones (excluding diaryl/α,β-unsaturated/α-hetero) is 1. The molecule has 0 aromatic carbocycles. The van der Waals surface area contributed by atoms with Gasteiger partial charge in [-0.1, -0.05) is 6.92 Å². The molecule has 3 nitrogen and oxygen atoms in total. The van der Waals surface area contributed by atoms with Crippen LogP contribution in [0.4, 0.5) is 0 Å². The largest absolute Gasteiger partial charge is 0.381 e. The molecule has 1 heterocycles. The van der Waals surface area contributed by atoms with E-state index in [1.807, 2.05) is 0 Å². The topological polar surface area (TPSA) is 38.3 Å². The van der Waals surface area contributed by atoms with Crippen LogP contribution in [0.1, 0.15) is 26.2 Å². The first-order chi connectivity index (χ1) is 6.69. The van der Waals surface area contributed by atoms with E-state index in [0.29, 0.717) is 18.1 Å². The van der Waals surface area contributed by atoms with Gasteiger partial charge in [0.15, 0.2) is 0 Å². The lowest BCUT2D eigenvalue weighted by Gasteiger charge is -2.38. The van der Waals surface area contributed by atoms with E-state index in [1.165, 1.54) is 0 Å². The molecule has 1 N–H and O–H groups in total. The molecule has 3 atom stereocenters. The zero-order valence-electron chi connectivity index (χ0n) is 9.01. The Morgan fingerprint density at radius 3 is 2.93 bits per heavy atom. The second kappa shape index (κ2) is 3.63. The highest BCUT2D eigenvalue weighted by molar-refractivity contribution is 5.86. The fourth-order valence-electron chi connectivity index (χ4n) is 2.89. The van der Waals surface area contributed by atoms with Gasteiger partial charge in [0.05, 0.1) is 6.10 Å². The van der Waals surface area contributed by atoms with Gasteiger partial charge < -0.3 is 10.1 Å². The van der Waals surface area contributed by atoms with Crippen molar-refractivity contribution in [2.45, 2.75) is 32.3 Å². The van der Waals surface area contributed by atoms with E-state index >= 15 is 0 Å². The van der Waals surface area contributed by atoms with Crippen LogP contribution in [-0.4, -0.2) is 32.1 Å². The molecular weight excluding hydrogens is 178 g/mol. The van der Waals surface area contributed by atoms with E-state index in [2.05, 4.69) is 12.2 Å². The Hall–Kier alpha value is -0.410. The Bertz CT molecular complexity index is 241. The third-order valence-corrected chi connectivity index (χ3v) is 4.01. The third-order valence-electron chi connectivity index (χ3n) is 4.01. The van der Waals surface area contributed by atoms with E-state index in [0.717, 1.165) is 25.9 Å². The highest BCUT2D eigenvalue weighted by Crippen LogP contribution is 2.42. The number of ketones is 1. The first-order valence-corrected chi connectivity index (χ1v) is 5.46. The first-order valence-electron chi connectivity index (χ1n) is 5.46. The van der Waals surface area contributed by atoms with E-state index < -0.39 is 0 Å². The lowest BCUT2D eigenvalue weighted by atomic mass is 9.66. The lowest BCUT2D eigenvalue weighted by Crippen LogP contribution is -2.45. The quantitative estimate of drug-likeness (QED) is 0.681. The third kappa shape index (κ3) is 1.39. The molecule has 14 heavy (non-hydrogen) atoms. The molecule has 0 radical (unpaired) electrons. The number of ether oxygens (including phenoxy) is 1. The van der Waals surface area contributed by atoms with Gasteiger partial charge in [-0.25, -0.2) is 0 Å². The van der Waals surface area contributed by atoms with Crippen LogP contribution in [-0.2, 0) is 9.53 Å². The molecule has 3 unspecified atom stereocenters. The zero-order chi connectivity index (χ0) is 10.2. The van der Waals surface area contributed by atoms with Gasteiger partial charge >= 0.3 is 0 Å². The van der Waals surface area contributed by atoms with Crippen molar-refractivity contribution in [3.8, 4) is 0 Å². The van der Waals surface area contributed by atoms with Crippen LogP contribution in [0.15, 0.2) is 0 Å². The standard InChI is InChI=1S/C11H19NO2/c1-8-6-12-7-11(8)5-9(14-2)3-4-10(11)13/h8-9,12H,3-7H2,1-2H3. The Balaban J connectivity index is 2.18. The van der Waals surface area contributed by atoms with Gasteiger partial charge in [0.25, 0.3) is 0 Å². The monoisotopic (exact) mass is 197 g/mol. The number of rotatable bonds is 1. The molecule has 1 saturated carbocycles. The Kier molecular flexibility index (Phi) is 2.62. The number of nitrogens with one attached hydrogen (secondary N) is 1. The van der Waals surface area contributed by atoms with Crippen molar-refractivity contribution in [3.63, 3.8) is 0 Å². The van der Waals surface area contributed by atoms with Crippen molar-refractivity contribution in [2.75, 3.05) is 20.2 Å². The second-order valence-electron chi connectivity index (χ2n) is 4.71. The molecule has 1 aliphatic carbocycles. The van der Waals surface area contributed by atoms with E-state index in [4.69, 9.17) is 4.74 Å². The smallest absolute Gasteiger partial charge is 0.140 e. The van der Waals surface area contributed by atoms with Gasteiger partial charge in [0.1, 0.15) is 5.78 Å². The Morgan fingerprint density at radius 1 is 1.57 bits per heavy atom. The molecule has 0 aromatic rings. The zero-order valence-corrected chi connectivity index (χ0v) is 9.01. The highest BCUT2D eigenvalue weighted by Gasteiger charge is 2.49. The van der Waals surface area contributed by atoms with E-state index in [1.54, 1.807) is 7.11 Å². The van der Waals surface area contributed by atoms with Crippen molar-refractivity contribution >= 4 is 5.78 Å². The molecule has 80 valence electrons. The summed E-state index contributed by atoms with van der Waals surface area (Å²) in [6, 6.07) is 0. The minimum Gasteiger partial charge on any atom is -0.381 e. The summed E-state index contributed by atoms with van der Waals surface area (Å²) in [5.74, 6) is 0.913. The van der Waals surface area contributed by atoms with E-state index in [-0.39, 0.29) is 11.5 Å². The molecule has 0 aromatic heterocycles. The molecule has 0 bridgehead atoms. The molecule has 0 amide bonds. The summed E-state index contributed by atoms with van der Waals surface area (Å²) < 4.78 is 5.39. The van der Waals surface area contributed by atoms with Crippen LogP contribution < -0.4 is 5.32 Å². The van der Waals surface area contributed by atoms with Crippen molar-refractivity contribution in [1.29, 1.82) is 0 Å². The average Bonchev–Trinajstić information content (AvgIpc) is 2.54. The van der Waals surface area contributed by atoms with Crippen LogP contribution in [0.2, 0.25) is 0 Å². The van der Waals surface area contributed by atoms with Crippen molar-refractivity contribution in [3.05, 3.63) is 0 Å². The van der Waals surface area contributed by atoms with Crippen molar-refractivity contribution in [1.82, 2.24) is 5.32 Å². The molecule has 1 saturated heterocycles. The Labute approximate surface area is 85.2 Å². The number of methoxy groups -OCH3 is 1. The van der Waals surface area contributed by atoms with Crippen LogP contribution in [0.3, 0.4) is 0 Å². The highest BCUT2D eigenvalue weighted by atomic mass is 16.5. The fourth-order valence-corrected chi connectivity index (χ4v) is 2.89. The number of carbonyl (C=O) groups is 1.